The summed E-state index contributed by atoms with van der Waals surface area (Å²) in [5, 5.41) is 1.63. The number of sulfone groups is 1. The Morgan fingerprint density at radius 3 is 2.09 bits per heavy atom. The zero-order valence-corrected chi connectivity index (χ0v) is 14.6. The Labute approximate surface area is 131 Å². The molecular formula is C15H23NO5S. The molecule has 0 fully saturated rings. The number of carbonyl (C=O) groups is 1. The third kappa shape index (κ3) is 4.13. The zero-order chi connectivity index (χ0) is 17.1. The van der Waals surface area contributed by atoms with Crippen molar-refractivity contribution in [1.82, 2.24) is 5.32 Å². The van der Waals surface area contributed by atoms with Gasteiger partial charge in [0, 0.05) is 6.26 Å². The van der Waals surface area contributed by atoms with Crippen LogP contribution in [0.25, 0.3) is 0 Å². The molecule has 0 saturated heterocycles. The molecule has 0 spiro atoms. The average molecular weight is 329 g/mol. The monoisotopic (exact) mass is 329 g/mol. The van der Waals surface area contributed by atoms with Crippen molar-refractivity contribution in [2.24, 2.45) is 0 Å². The number of rotatable bonds is 6. The van der Waals surface area contributed by atoms with E-state index in [1.807, 2.05) is 13.0 Å². The van der Waals surface area contributed by atoms with Crippen LogP contribution in [0, 0.1) is 6.92 Å². The van der Waals surface area contributed by atoms with Crippen LogP contribution in [0.5, 0.6) is 11.5 Å². The van der Waals surface area contributed by atoms with Gasteiger partial charge in [-0.15, -0.1) is 0 Å². The van der Waals surface area contributed by atoms with E-state index in [1.54, 1.807) is 20.1 Å². The lowest BCUT2D eigenvalue weighted by molar-refractivity contribution is -0.121. The molecule has 0 bridgehead atoms. The Balaban J connectivity index is 3.04. The van der Waals surface area contributed by atoms with Crippen LogP contribution in [0.3, 0.4) is 0 Å². The highest BCUT2D eigenvalue weighted by Crippen LogP contribution is 2.32. The largest absolute Gasteiger partial charge is 0.493 e. The van der Waals surface area contributed by atoms with E-state index < -0.39 is 21.0 Å². The van der Waals surface area contributed by atoms with Gasteiger partial charge in [0.1, 0.15) is 5.25 Å². The first kappa shape index (κ1) is 18.3. The molecule has 1 rings (SSSR count). The van der Waals surface area contributed by atoms with E-state index in [2.05, 4.69) is 5.32 Å². The van der Waals surface area contributed by atoms with Crippen LogP contribution in [0.4, 0.5) is 0 Å². The summed E-state index contributed by atoms with van der Waals surface area (Å²) in [7, 11) is -0.335. The fourth-order valence-corrected chi connectivity index (χ4v) is 2.52. The SMILES string of the molecule is COc1cc(C)c([C@@H](C)NC(=O)[C@H](C)S(C)(=O)=O)cc1OC. The smallest absolute Gasteiger partial charge is 0.238 e. The normalized spacial score (nSPS) is 14.1. The van der Waals surface area contributed by atoms with Crippen molar-refractivity contribution in [1.29, 1.82) is 0 Å². The summed E-state index contributed by atoms with van der Waals surface area (Å²) in [4.78, 5) is 12.0. The minimum Gasteiger partial charge on any atom is -0.493 e. The summed E-state index contributed by atoms with van der Waals surface area (Å²) in [6, 6.07) is 3.25. The maximum atomic E-state index is 12.0. The second-order valence-electron chi connectivity index (χ2n) is 5.27. The number of ether oxygens (including phenoxy) is 2. The van der Waals surface area contributed by atoms with Gasteiger partial charge in [0.05, 0.1) is 20.3 Å². The molecule has 2 atom stereocenters. The lowest BCUT2D eigenvalue weighted by Crippen LogP contribution is -2.38. The van der Waals surface area contributed by atoms with Gasteiger partial charge >= 0.3 is 0 Å². The van der Waals surface area contributed by atoms with Gasteiger partial charge in [-0.2, -0.15) is 0 Å². The Bertz CT molecular complexity index is 654. The summed E-state index contributed by atoms with van der Waals surface area (Å²) in [6.07, 6.45) is 1.05. The predicted octanol–water partition coefficient (Wildman–Crippen LogP) is 1.62. The van der Waals surface area contributed by atoms with Crippen LogP contribution in [-0.4, -0.2) is 40.1 Å². The molecule has 0 saturated carbocycles. The van der Waals surface area contributed by atoms with Gasteiger partial charge in [0.15, 0.2) is 21.3 Å². The van der Waals surface area contributed by atoms with E-state index in [9.17, 15) is 13.2 Å². The van der Waals surface area contributed by atoms with E-state index >= 15 is 0 Å². The second-order valence-corrected chi connectivity index (χ2v) is 7.63. The molecule has 0 aliphatic heterocycles. The Hall–Kier alpha value is -1.76. The van der Waals surface area contributed by atoms with Gasteiger partial charge in [-0.25, -0.2) is 8.42 Å². The molecule has 1 aromatic carbocycles. The maximum absolute atomic E-state index is 12.0. The minimum atomic E-state index is -3.42. The van der Waals surface area contributed by atoms with E-state index in [0.29, 0.717) is 11.5 Å². The van der Waals surface area contributed by atoms with E-state index in [0.717, 1.165) is 17.4 Å². The van der Waals surface area contributed by atoms with Crippen LogP contribution >= 0.6 is 0 Å². The summed E-state index contributed by atoms with van der Waals surface area (Å²) in [6.45, 7) is 5.06. The molecule has 124 valence electrons. The minimum absolute atomic E-state index is 0.350. The molecule has 0 aliphatic carbocycles. The average Bonchev–Trinajstić information content (AvgIpc) is 2.44. The van der Waals surface area contributed by atoms with Gasteiger partial charge in [-0.3, -0.25) is 4.79 Å². The molecule has 1 amide bonds. The second kappa shape index (κ2) is 7.00. The Morgan fingerprint density at radius 1 is 1.14 bits per heavy atom. The van der Waals surface area contributed by atoms with Crippen molar-refractivity contribution in [3.63, 3.8) is 0 Å². The molecule has 0 aromatic heterocycles. The summed E-state index contributed by atoms with van der Waals surface area (Å²) >= 11 is 0. The number of benzene rings is 1. The molecule has 22 heavy (non-hydrogen) atoms. The fourth-order valence-electron chi connectivity index (χ4n) is 2.07. The Kier molecular flexibility index (Phi) is 5.82. The highest BCUT2D eigenvalue weighted by Gasteiger charge is 2.25. The highest BCUT2D eigenvalue weighted by molar-refractivity contribution is 7.92. The lowest BCUT2D eigenvalue weighted by atomic mass is 10.0. The zero-order valence-electron chi connectivity index (χ0n) is 13.8. The first-order valence-electron chi connectivity index (χ1n) is 6.83. The van der Waals surface area contributed by atoms with Crippen LogP contribution in [0.1, 0.15) is 31.0 Å². The number of nitrogens with one attached hydrogen (secondary N) is 1. The van der Waals surface area contributed by atoms with Gasteiger partial charge in [0.2, 0.25) is 5.91 Å². The summed E-state index contributed by atoms with van der Waals surface area (Å²) in [5.74, 6) is 0.635. The van der Waals surface area contributed by atoms with Crippen molar-refractivity contribution >= 4 is 15.7 Å². The standard InChI is InChI=1S/C15H23NO5S/c1-9-7-13(20-4)14(21-5)8-12(9)10(2)16-15(17)11(3)22(6,18)19/h7-8,10-11H,1-6H3,(H,16,17)/t10-,11+/m1/s1. The molecule has 6 nitrogen and oxygen atoms in total. The van der Waals surface area contributed by atoms with E-state index in [4.69, 9.17) is 9.47 Å². The van der Waals surface area contributed by atoms with Crippen molar-refractivity contribution in [2.45, 2.75) is 32.1 Å². The lowest BCUT2D eigenvalue weighted by Gasteiger charge is -2.20. The van der Waals surface area contributed by atoms with Crippen molar-refractivity contribution in [3.8, 4) is 11.5 Å². The van der Waals surface area contributed by atoms with Crippen LogP contribution < -0.4 is 14.8 Å². The number of aryl methyl sites for hydroxylation is 1. The third-order valence-electron chi connectivity index (χ3n) is 3.61. The first-order valence-corrected chi connectivity index (χ1v) is 8.79. The molecule has 1 N–H and O–H groups in total. The number of methoxy groups -OCH3 is 2. The fraction of sp³-hybridized carbons (Fsp3) is 0.533. The van der Waals surface area contributed by atoms with Gasteiger partial charge in [0.25, 0.3) is 0 Å². The number of hydrogen-bond donors (Lipinski definition) is 1. The molecule has 1 aromatic rings. The molecule has 7 heteroatoms. The quantitative estimate of drug-likeness (QED) is 0.858. The number of amides is 1. The predicted molar refractivity (Wildman–Crippen MR) is 85.1 cm³/mol. The van der Waals surface area contributed by atoms with Crippen LogP contribution in [0.15, 0.2) is 12.1 Å². The third-order valence-corrected chi connectivity index (χ3v) is 5.11. The first-order chi connectivity index (χ1) is 10.1. The Morgan fingerprint density at radius 2 is 1.64 bits per heavy atom. The van der Waals surface area contributed by atoms with Crippen LogP contribution in [0.2, 0.25) is 0 Å². The molecule has 0 aliphatic rings. The number of hydrogen-bond acceptors (Lipinski definition) is 5. The maximum Gasteiger partial charge on any atom is 0.238 e. The molecule has 0 heterocycles. The molecule has 0 radical (unpaired) electrons. The summed E-state index contributed by atoms with van der Waals surface area (Å²) < 4.78 is 33.4. The molecular weight excluding hydrogens is 306 g/mol. The number of carbonyl (C=O) groups excluding carboxylic acids is 1. The van der Waals surface area contributed by atoms with Gasteiger partial charge in [-0.1, -0.05) is 0 Å². The molecule has 0 unspecified atom stereocenters. The van der Waals surface area contributed by atoms with Crippen molar-refractivity contribution in [2.75, 3.05) is 20.5 Å². The van der Waals surface area contributed by atoms with Crippen molar-refractivity contribution in [3.05, 3.63) is 23.3 Å². The summed E-state index contributed by atoms with van der Waals surface area (Å²) in [5.41, 5.74) is 1.75. The highest BCUT2D eigenvalue weighted by atomic mass is 32.2. The van der Waals surface area contributed by atoms with E-state index in [1.165, 1.54) is 14.0 Å². The van der Waals surface area contributed by atoms with Crippen molar-refractivity contribution < 1.29 is 22.7 Å². The van der Waals surface area contributed by atoms with Gasteiger partial charge in [-0.05, 0) is 44.0 Å². The topological polar surface area (TPSA) is 81.7 Å². The van der Waals surface area contributed by atoms with Gasteiger partial charge < -0.3 is 14.8 Å². The van der Waals surface area contributed by atoms with Crippen LogP contribution in [-0.2, 0) is 14.6 Å². The van der Waals surface area contributed by atoms with E-state index in [-0.39, 0.29) is 6.04 Å².